The minimum atomic E-state index is 0.494. The Morgan fingerprint density at radius 1 is 1.33 bits per heavy atom. The van der Waals surface area contributed by atoms with Crippen LogP contribution in [0.3, 0.4) is 0 Å². The third-order valence-corrected chi connectivity index (χ3v) is 4.30. The Morgan fingerprint density at radius 2 is 2.10 bits per heavy atom. The fourth-order valence-corrected chi connectivity index (χ4v) is 3.07. The molecule has 0 radical (unpaired) electrons. The van der Waals surface area contributed by atoms with Crippen LogP contribution < -0.4 is 10.1 Å². The number of pyridine rings is 1. The van der Waals surface area contributed by atoms with Crippen molar-refractivity contribution in [2.45, 2.75) is 46.1 Å². The Bertz CT molecular complexity index is 399. The quantitative estimate of drug-likeness (QED) is 0.835. The van der Waals surface area contributed by atoms with E-state index in [-0.39, 0.29) is 0 Å². The fraction of sp³-hybridized carbons (Fsp3) is 0.706. The molecule has 1 saturated heterocycles. The molecule has 2 rings (SSSR count). The van der Waals surface area contributed by atoms with Crippen molar-refractivity contribution in [1.29, 1.82) is 0 Å². The highest BCUT2D eigenvalue weighted by Crippen LogP contribution is 2.23. The van der Waals surface area contributed by atoms with E-state index in [4.69, 9.17) is 4.74 Å². The normalized spacial score (nSPS) is 18.4. The van der Waals surface area contributed by atoms with Crippen molar-refractivity contribution in [2.75, 3.05) is 31.6 Å². The van der Waals surface area contributed by atoms with E-state index >= 15 is 0 Å². The van der Waals surface area contributed by atoms with Crippen LogP contribution in [0.1, 0.15) is 40.0 Å². The Balaban J connectivity index is 1.80. The Kier molecular flexibility index (Phi) is 6.30. The van der Waals surface area contributed by atoms with E-state index in [0.29, 0.717) is 18.5 Å². The number of anilines is 1. The maximum atomic E-state index is 5.37. The van der Waals surface area contributed by atoms with Crippen LogP contribution in [-0.4, -0.2) is 42.2 Å². The lowest BCUT2D eigenvalue weighted by atomic mass is 9.90. The molecule has 0 amide bonds. The van der Waals surface area contributed by atoms with Crippen LogP contribution in [0.25, 0.3) is 0 Å². The maximum absolute atomic E-state index is 5.37. The lowest BCUT2D eigenvalue weighted by Gasteiger charge is -2.35. The number of ether oxygens (including phenoxy) is 1. The van der Waals surface area contributed by atoms with Crippen LogP contribution >= 0.6 is 0 Å². The van der Waals surface area contributed by atoms with Gasteiger partial charge < -0.3 is 15.0 Å². The van der Waals surface area contributed by atoms with Gasteiger partial charge in [0.1, 0.15) is 0 Å². The van der Waals surface area contributed by atoms with Gasteiger partial charge in [-0.15, -0.1) is 0 Å². The zero-order chi connectivity index (χ0) is 15.1. The van der Waals surface area contributed by atoms with Crippen molar-refractivity contribution >= 4 is 5.69 Å². The largest absolute Gasteiger partial charge is 0.478 e. The maximum Gasteiger partial charge on any atom is 0.213 e. The predicted octanol–water partition coefficient (Wildman–Crippen LogP) is 3.40. The monoisotopic (exact) mass is 291 g/mol. The smallest absolute Gasteiger partial charge is 0.213 e. The fourth-order valence-electron chi connectivity index (χ4n) is 3.07. The molecule has 1 aliphatic heterocycles. The topological polar surface area (TPSA) is 37.4 Å². The summed E-state index contributed by atoms with van der Waals surface area (Å²) in [4.78, 5) is 6.90. The molecule has 4 heteroatoms. The molecule has 1 aromatic heterocycles. The molecule has 2 heterocycles. The SMILES string of the molecule is CCCN1CCC(C(C)Nc2ccc(OCC)nc2)CC1. The molecule has 118 valence electrons. The van der Waals surface area contributed by atoms with Crippen LogP contribution in [-0.2, 0) is 0 Å². The third kappa shape index (κ3) is 4.88. The number of nitrogens with one attached hydrogen (secondary N) is 1. The molecule has 0 spiro atoms. The molecule has 1 unspecified atom stereocenters. The molecule has 0 bridgehead atoms. The van der Waals surface area contributed by atoms with Gasteiger partial charge in [-0.3, -0.25) is 0 Å². The summed E-state index contributed by atoms with van der Waals surface area (Å²) < 4.78 is 5.37. The second-order valence-corrected chi connectivity index (χ2v) is 5.93. The second-order valence-electron chi connectivity index (χ2n) is 5.93. The van der Waals surface area contributed by atoms with Gasteiger partial charge in [0.25, 0.3) is 0 Å². The highest BCUT2D eigenvalue weighted by molar-refractivity contribution is 5.43. The van der Waals surface area contributed by atoms with Gasteiger partial charge in [-0.25, -0.2) is 4.98 Å². The molecule has 1 aliphatic rings. The molecule has 0 aliphatic carbocycles. The van der Waals surface area contributed by atoms with Crippen molar-refractivity contribution in [3.05, 3.63) is 18.3 Å². The third-order valence-electron chi connectivity index (χ3n) is 4.30. The van der Waals surface area contributed by atoms with E-state index in [1.54, 1.807) is 0 Å². The Labute approximate surface area is 128 Å². The zero-order valence-electron chi connectivity index (χ0n) is 13.6. The van der Waals surface area contributed by atoms with Gasteiger partial charge in [0, 0.05) is 12.1 Å². The number of piperidine rings is 1. The number of nitrogens with zero attached hydrogens (tertiary/aromatic N) is 2. The van der Waals surface area contributed by atoms with Crippen molar-refractivity contribution < 1.29 is 4.74 Å². The second kappa shape index (κ2) is 8.23. The average Bonchev–Trinajstić information content (AvgIpc) is 2.50. The lowest BCUT2D eigenvalue weighted by Crippen LogP contribution is -2.39. The lowest BCUT2D eigenvalue weighted by molar-refractivity contribution is 0.176. The standard InChI is InChI=1S/C17H29N3O/c1-4-10-20-11-8-15(9-12-20)14(3)19-16-6-7-17(18-13-16)21-5-2/h6-7,13-15,19H,4-5,8-12H2,1-3H3. The molecule has 1 fully saturated rings. The predicted molar refractivity (Wildman–Crippen MR) is 87.9 cm³/mol. The van der Waals surface area contributed by atoms with Gasteiger partial charge >= 0.3 is 0 Å². The van der Waals surface area contributed by atoms with E-state index in [0.717, 1.165) is 11.6 Å². The summed E-state index contributed by atoms with van der Waals surface area (Å²) in [7, 11) is 0. The molecule has 0 aromatic carbocycles. The molecule has 21 heavy (non-hydrogen) atoms. The summed E-state index contributed by atoms with van der Waals surface area (Å²) in [6.07, 6.45) is 5.71. The molecule has 1 atom stereocenters. The summed E-state index contributed by atoms with van der Waals surface area (Å²) in [6.45, 7) is 10.9. The van der Waals surface area contributed by atoms with Crippen LogP contribution in [0.4, 0.5) is 5.69 Å². The van der Waals surface area contributed by atoms with Crippen LogP contribution in [0.15, 0.2) is 18.3 Å². The summed E-state index contributed by atoms with van der Waals surface area (Å²) in [5.74, 6) is 1.45. The van der Waals surface area contributed by atoms with Crippen molar-refractivity contribution in [1.82, 2.24) is 9.88 Å². The van der Waals surface area contributed by atoms with Crippen molar-refractivity contribution in [3.63, 3.8) is 0 Å². The summed E-state index contributed by atoms with van der Waals surface area (Å²) >= 11 is 0. The Hall–Kier alpha value is -1.29. The van der Waals surface area contributed by atoms with Crippen LogP contribution in [0.5, 0.6) is 5.88 Å². The van der Waals surface area contributed by atoms with E-state index in [9.17, 15) is 0 Å². The first-order valence-electron chi connectivity index (χ1n) is 8.30. The first kappa shape index (κ1) is 16.1. The summed E-state index contributed by atoms with van der Waals surface area (Å²) in [5.41, 5.74) is 1.09. The minimum absolute atomic E-state index is 0.494. The first-order chi connectivity index (χ1) is 10.2. The van der Waals surface area contributed by atoms with E-state index in [2.05, 4.69) is 35.1 Å². The zero-order valence-corrected chi connectivity index (χ0v) is 13.6. The molecule has 1 aromatic rings. The van der Waals surface area contributed by atoms with Gasteiger partial charge in [0.05, 0.1) is 18.5 Å². The number of hydrogen-bond acceptors (Lipinski definition) is 4. The van der Waals surface area contributed by atoms with Crippen LogP contribution in [0.2, 0.25) is 0 Å². The van der Waals surface area contributed by atoms with E-state index in [1.165, 1.54) is 38.9 Å². The van der Waals surface area contributed by atoms with Gasteiger partial charge in [-0.2, -0.15) is 0 Å². The highest BCUT2D eigenvalue weighted by Gasteiger charge is 2.23. The van der Waals surface area contributed by atoms with Gasteiger partial charge in [0.2, 0.25) is 5.88 Å². The summed E-state index contributed by atoms with van der Waals surface area (Å²) in [6, 6.07) is 4.48. The molecular formula is C17H29N3O. The van der Waals surface area contributed by atoms with Gasteiger partial charge in [-0.05, 0) is 64.7 Å². The van der Waals surface area contributed by atoms with E-state index in [1.807, 2.05) is 19.2 Å². The molecule has 4 nitrogen and oxygen atoms in total. The first-order valence-corrected chi connectivity index (χ1v) is 8.30. The number of aromatic nitrogens is 1. The molecule has 1 N–H and O–H groups in total. The average molecular weight is 291 g/mol. The Morgan fingerprint density at radius 3 is 2.67 bits per heavy atom. The van der Waals surface area contributed by atoms with E-state index < -0.39 is 0 Å². The number of rotatable bonds is 7. The summed E-state index contributed by atoms with van der Waals surface area (Å²) in [5, 5.41) is 3.59. The van der Waals surface area contributed by atoms with Gasteiger partial charge in [-0.1, -0.05) is 6.92 Å². The van der Waals surface area contributed by atoms with Crippen molar-refractivity contribution in [2.24, 2.45) is 5.92 Å². The van der Waals surface area contributed by atoms with Crippen LogP contribution in [0, 0.1) is 5.92 Å². The number of hydrogen-bond donors (Lipinski definition) is 1. The molecule has 0 saturated carbocycles. The number of likely N-dealkylation sites (tertiary alicyclic amines) is 1. The molecular weight excluding hydrogens is 262 g/mol. The highest BCUT2D eigenvalue weighted by atomic mass is 16.5. The van der Waals surface area contributed by atoms with Gasteiger partial charge in [0.15, 0.2) is 0 Å². The minimum Gasteiger partial charge on any atom is -0.478 e. The van der Waals surface area contributed by atoms with Crippen molar-refractivity contribution in [3.8, 4) is 5.88 Å².